The average Bonchev–Trinajstić information content (AvgIpc) is 3.21. The number of ether oxygens (including phenoxy) is 1. The maximum Gasteiger partial charge on any atom is 0.328 e. The number of hydrogen-bond acceptors (Lipinski definition) is 6. The van der Waals surface area contributed by atoms with E-state index in [1.54, 1.807) is 0 Å². The highest BCUT2D eigenvalue weighted by Gasteiger charge is 2.25. The minimum absolute atomic E-state index is 0.109. The number of carboxylic acid groups (broad SMARTS) is 1. The van der Waals surface area contributed by atoms with Crippen molar-refractivity contribution in [2.75, 3.05) is 5.73 Å². The van der Waals surface area contributed by atoms with Crippen molar-refractivity contribution in [3.63, 3.8) is 0 Å². The third kappa shape index (κ3) is 4.22. The number of aliphatic carboxylic acids is 1. The predicted molar refractivity (Wildman–Crippen MR) is 130 cm³/mol. The van der Waals surface area contributed by atoms with Crippen molar-refractivity contribution in [2.24, 2.45) is 0 Å². The third-order valence-electron chi connectivity index (χ3n) is 6.22. The van der Waals surface area contributed by atoms with Gasteiger partial charge in [0.25, 0.3) is 0 Å². The van der Waals surface area contributed by atoms with Crippen LogP contribution in [-0.4, -0.2) is 30.8 Å². The smallest absolute Gasteiger partial charge is 0.328 e. The molecule has 0 aliphatic heterocycles. The first-order valence-electron chi connectivity index (χ1n) is 11.2. The van der Waals surface area contributed by atoms with Gasteiger partial charge in [-0.3, -0.25) is 0 Å². The molecular weight excluding hydrogens is 430 g/mol. The van der Waals surface area contributed by atoms with Crippen molar-refractivity contribution >= 4 is 22.8 Å². The van der Waals surface area contributed by atoms with Gasteiger partial charge in [0, 0.05) is 11.6 Å². The van der Waals surface area contributed by atoms with Crippen molar-refractivity contribution in [2.45, 2.75) is 38.6 Å². The molecule has 1 saturated carbocycles. The van der Waals surface area contributed by atoms with E-state index in [1.807, 2.05) is 60.1 Å². The zero-order valence-electron chi connectivity index (χ0n) is 18.8. The molecule has 0 spiro atoms. The predicted octanol–water partition coefficient (Wildman–Crippen LogP) is 5.30. The molecule has 3 N–H and O–H groups in total. The Bertz CT molecular complexity index is 1380. The molecule has 0 radical (unpaired) electrons. The van der Waals surface area contributed by atoms with Gasteiger partial charge < -0.3 is 15.6 Å². The molecule has 1 aliphatic carbocycles. The molecule has 8 nitrogen and oxygen atoms in total. The Labute approximate surface area is 196 Å². The second kappa shape index (κ2) is 8.97. The van der Waals surface area contributed by atoms with E-state index in [0.29, 0.717) is 11.5 Å². The van der Waals surface area contributed by atoms with E-state index < -0.39 is 5.97 Å². The normalized spacial score (nSPS) is 15.9. The number of allylic oxidation sites excluding steroid dienone is 1. The molecular formula is C26H25N5O3. The lowest BCUT2D eigenvalue weighted by Crippen LogP contribution is -2.16. The number of aromatic nitrogens is 4. The number of carboxylic acids is 1. The average molecular weight is 456 g/mol. The SMILES string of the molecule is Cc1cc(Oc2ccccc2)ccc1-c1nn(C2CCC(=CC(=O)O)CC2)c2ncnc(N)c12. The van der Waals surface area contributed by atoms with Crippen molar-refractivity contribution in [3.8, 4) is 22.8 Å². The largest absolute Gasteiger partial charge is 0.478 e. The van der Waals surface area contributed by atoms with Crippen LogP contribution < -0.4 is 10.5 Å². The first kappa shape index (κ1) is 21.6. The van der Waals surface area contributed by atoms with Crippen molar-refractivity contribution < 1.29 is 14.6 Å². The summed E-state index contributed by atoms with van der Waals surface area (Å²) < 4.78 is 7.92. The molecule has 5 rings (SSSR count). The Morgan fingerprint density at radius 2 is 1.88 bits per heavy atom. The minimum atomic E-state index is -0.893. The lowest BCUT2D eigenvalue weighted by molar-refractivity contribution is -0.131. The molecule has 34 heavy (non-hydrogen) atoms. The summed E-state index contributed by atoms with van der Waals surface area (Å²) in [5.41, 5.74) is 10.6. The Kier molecular flexibility index (Phi) is 5.71. The lowest BCUT2D eigenvalue weighted by Gasteiger charge is -2.24. The van der Waals surface area contributed by atoms with E-state index in [2.05, 4.69) is 9.97 Å². The molecule has 1 aliphatic rings. The van der Waals surface area contributed by atoms with Gasteiger partial charge >= 0.3 is 5.97 Å². The Balaban J connectivity index is 1.50. The summed E-state index contributed by atoms with van der Waals surface area (Å²) in [5, 5.41) is 14.7. The van der Waals surface area contributed by atoms with Crippen LogP contribution in [0.4, 0.5) is 5.82 Å². The van der Waals surface area contributed by atoms with E-state index >= 15 is 0 Å². The number of nitrogen functional groups attached to an aromatic ring is 1. The fourth-order valence-electron chi connectivity index (χ4n) is 4.57. The van der Waals surface area contributed by atoms with Crippen LogP contribution in [0, 0.1) is 6.92 Å². The molecule has 4 aromatic rings. The number of benzene rings is 2. The molecule has 0 bridgehead atoms. The summed E-state index contributed by atoms with van der Waals surface area (Å²) in [6, 6.07) is 15.6. The molecule has 8 heteroatoms. The first-order chi connectivity index (χ1) is 16.5. The number of nitrogens with zero attached hydrogens (tertiary/aromatic N) is 4. The van der Waals surface area contributed by atoms with E-state index in [-0.39, 0.29) is 6.04 Å². The second-order valence-electron chi connectivity index (χ2n) is 8.51. The molecule has 2 aromatic carbocycles. The number of aryl methyl sites for hydroxylation is 1. The summed E-state index contributed by atoms with van der Waals surface area (Å²) in [7, 11) is 0. The second-order valence-corrected chi connectivity index (χ2v) is 8.51. The van der Waals surface area contributed by atoms with E-state index in [4.69, 9.17) is 20.7 Å². The van der Waals surface area contributed by atoms with Gasteiger partial charge in [-0.05, 0) is 68.5 Å². The van der Waals surface area contributed by atoms with Gasteiger partial charge in [0.15, 0.2) is 5.65 Å². The Hall–Kier alpha value is -4.20. The quantitative estimate of drug-likeness (QED) is 0.392. The number of carbonyl (C=O) groups is 1. The minimum Gasteiger partial charge on any atom is -0.478 e. The van der Waals surface area contributed by atoms with Crippen LogP contribution in [0.15, 0.2) is 66.5 Å². The van der Waals surface area contributed by atoms with Gasteiger partial charge in [-0.25, -0.2) is 19.4 Å². The first-order valence-corrected chi connectivity index (χ1v) is 11.2. The number of para-hydroxylation sites is 1. The molecule has 0 saturated heterocycles. The van der Waals surface area contributed by atoms with Crippen LogP contribution in [0.2, 0.25) is 0 Å². The zero-order chi connectivity index (χ0) is 23.7. The van der Waals surface area contributed by atoms with Crippen molar-refractivity contribution in [1.82, 2.24) is 19.7 Å². The van der Waals surface area contributed by atoms with Gasteiger partial charge in [-0.1, -0.05) is 23.8 Å². The number of anilines is 1. The fourth-order valence-corrected chi connectivity index (χ4v) is 4.57. The summed E-state index contributed by atoms with van der Waals surface area (Å²) in [6.45, 7) is 2.02. The van der Waals surface area contributed by atoms with Crippen LogP contribution in [0.25, 0.3) is 22.3 Å². The number of fused-ring (bicyclic) bond motifs is 1. The topological polar surface area (TPSA) is 116 Å². The van der Waals surface area contributed by atoms with Crippen LogP contribution in [0.5, 0.6) is 11.5 Å². The van der Waals surface area contributed by atoms with E-state index in [0.717, 1.165) is 65.0 Å². The van der Waals surface area contributed by atoms with Crippen LogP contribution in [0.3, 0.4) is 0 Å². The zero-order valence-corrected chi connectivity index (χ0v) is 18.8. The number of rotatable bonds is 5. The third-order valence-corrected chi connectivity index (χ3v) is 6.22. The van der Waals surface area contributed by atoms with Gasteiger partial charge in [-0.2, -0.15) is 5.10 Å². The highest BCUT2D eigenvalue weighted by Crippen LogP contribution is 2.38. The molecule has 172 valence electrons. The van der Waals surface area contributed by atoms with Crippen LogP contribution in [0.1, 0.15) is 37.3 Å². The van der Waals surface area contributed by atoms with Crippen LogP contribution >= 0.6 is 0 Å². The monoisotopic (exact) mass is 455 g/mol. The Morgan fingerprint density at radius 1 is 1.12 bits per heavy atom. The molecule has 1 fully saturated rings. The summed E-state index contributed by atoms with van der Waals surface area (Å²) in [4.78, 5) is 19.7. The molecule has 2 aromatic heterocycles. The number of hydrogen-bond donors (Lipinski definition) is 2. The van der Waals surface area contributed by atoms with Gasteiger partial charge in [0.05, 0.1) is 11.4 Å². The molecule has 0 atom stereocenters. The van der Waals surface area contributed by atoms with Gasteiger partial charge in [0.1, 0.15) is 29.3 Å². The van der Waals surface area contributed by atoms with Crippen molar-refractivity contribution in [3.05, 3.63) is 72.1 Å². The van der Waals surface area contributed by atoms with E-state index in [9.17, 15) is 4.79 Å². The standard InChI is InChI=1S/C26H25N5O3/c1-16-13-20(34-19-5-3-2-4-6-19)11-12-21(16)24-23-25(27)28-15-29-26(23)31(30-24)18-9-7-17(8-10-18)14-22(32)33/h2-6,11-15,18H,7-10H2,1H3,(H,32,33)(H2,27,28,29). The highest BCUT2D eigenvalue weighted by atomic mass is 16.5. The number of nitrogens with two attached hydrogens (primary N) is 1. The van der Waals surface area contributed by atoms with Crippen molar-refractivity contribution in [1.29, 1.82) is 0 Å². The lowest BCUT2D eigenvalue weighted by atomic mass is 9.90. The maximum atomic E-state index is 11.0. The molecule has 0 unspecified atom stereocenters. The fraction of sp³-hybridized carbons (Fsp3) is 0.231. The maximum absolute atomic E-state index is 11.0. The van der Waals surface area contributed by atoms with Crippen LogP contribution in [-0.2, 0) is 4.79 Å². The Morgan fingerprint density at radius 3 is 2.59 bits per heavy atom. The van der Waals surface area contributed by atoms with E-state index in [1.165, 1.54) is 12.4 Å². The summed E-state index contributed by atoms with van der Waals surface area (Å²) in [5.74, 6) is 1.01. The highest BCUT2D eigenvalue weighted by molar-refractivity contribution is 5.99. The van der Waals surface area contributed by atoms with Gasteiger partial charge in [0.2, 0.25) is 0 Å². The molecule has 2 heterocycles. The van der Waals surface area contributed by atoms with Gasteiger partial charge in [-0.15, -0.1) is 0 Å². The summed E-state index contributed by atoms with van der Waals surface area (Å²) in [6.07, 6.45) is 5.81. The molecule has 0 amide bonds. The summed E-state index contributed by atoms with van der Waals surface area (Å²) >= 11 is 0.